The van der Waals surface area contributed by atoms with Crippen molar-refractivity contribution < 1.29 is 19.4 Å². The monoisotopic (exact) mass is 475 g/mol. The van der Waals surface area contributed by atoms with Gasteiger partial charge in [-0.15, -0.1) is 13.2 Å². The molecule has 0 atom stereocenters. The van der Waals surface area contributed by atoms with Gasteiger partial charge in [-0.2, -0.15) is 0 Å². The number of halogens is 1. The number of rotatable bonds is 4. The third-order valence-corrected chi connectivity index (χ3v) is 5.84. The maximum absolute atomic E-state index is 14.3. The van der Waals surface area contributed by atoms with Crippen molar-refractivity contribution in [3.8, 4) is 0 Å². The number of nitrogens with zero attached hydrogens (tertiary/aromatic N) is 4. The summed E-state index contributed by atoms with van der Waals surface area (Å²) in [6, 6.07) is 7.20. The first-order valence-corrected chi connectivity index (χ1v) is 11.2. The number of fused-ring (bicyclic) bond motifs is 1. The number of carbonyl (C=O) groups excluding carboxylic acids is 1. The minimum Gasteiger partial charge on any atom is -0.400 e. The highest BCUT2D eigenvalue weighted by Gasteiger charge is 2.24. The molecule has 0 radical (unpaired) electrons. The van der Waals surface area contributed by atoms with Crippen LogP contribution in [0, 0.1) is 12.7 Å². The van der Waals surface area contributed by atoms with Crippen molar-refractivity contribution in [2.75, 3.05) is 50.1 Å². The topological polar surface area (TPSA) is 102 Å². The molecular formula is C23H30FN5O3S. The Kier molecular flexibility index (Phi) is 10.2. The fourth-order valence-electron chi connectivity index (χ4n) is 3.35. The molecule has 0 saturated carbocycles. The minimum absolute atomic E-state index is 0.0392. The second-order valence-electron chi connectivity index (χ2n) is 7.02. The van der Waals surface area contributed by atoms with Gasteiger partial charge >= 0.3 is 6.03 Å². The summed E-state index contributed by atoms with van der Waals surface area (Å²) in [6.07, 6.45) is 1.96. The van der Waals surface area contributed by atoms with Crippen molar-refractivity contribution in [3.05, 3.63) is 60.6 Å². The number of thiazole rings is 1. The van der Waals surface area contributed by atoms with Gasteiger partial charge in [-0.3, -0.25) is 5.32 Å². The van der Waals surface area contributed by atoms with Crippen LogP contribution in [0.1, 0.15) is 11.1 Å². The van der Waals surface area contributed by atoms with E-state index in [1.807, 2.05) is 24.0 Å². The molecule has 1 fully saturated rings. The van der Waals surface area contributed by atoms with Crippen LogP contribution in [-0.2, 0) is 6.42 Å². The van der Waals surface area contributed by atoms with Gasteiger partial charge in [0.05, 0.1) is 10.2 Å². The van der Waals surface area contributed by atoms with E-state index in [0.29, 0.717) is 43.3 Å². The summed E-state index contributed by atoms with van der Waals surface area (Å²) in [5.41, 5.74) is 2.69. The number of amides is 2. The third-order valence-electron chi connectivity index (χ3n) is 4.90. The first-order chi connectivity index (χ1) is 16.0. The summed E-state index contributed by atoms with van der Waals surface area (Å²) < 4.78 is 15.4. The molecule has 3 N–H and O–H groups in total. The molecule has 4 rings (SSSR count). The van der Waals surface area contributed by atoms with Gasteiger partial charge in [-0.25, -0.2) is 19.2 Å². The number of aliphatic hydroxyl groups is 2. The van der Waals surface area contributed by atoms with Gasteiger partial charge in [0.25, 0.3) is 0 Å². The van der Waals surface area contributed by atoms with E-state index < -0.39 is 5.82 Å². The predicted octanol–water partition coefficient (Wildman–Crippen LogP) is 3.44. The van der Waals surface area contributed by atoms with Crippen molar-refractivity contribution in [3.63, 3.8) is 0 Å². The molecule has 3 heterocycles. The van der Waals surface area contributed by atoms with Gasteiger partial charge in [-0.1, -0.05) is 17.4 Å². The predicted molar refractivity (Wildman–Crippen MR) is 132 cm³/mol. The van der Waals surface area contributed by atoms with E-state index in [1.54, 1.807) is 11.1 Å². The van der Waals surface area contributed by atoms with Gasteiger partial charge in [0.1, 0.15) is 0 Å². The van der Waals surface area contributed by atoms with Crippen LogP contribution in [0.25, 0.3) is 10.2 Å². The summed E-state index contributed by atoms with van der Waals surface area (Å²) in [4.78, 5) is 24.8. The Morgan fingerprint density at radius 3 is 2.55 bits per heavy atom. The first-order valence-electron chi connectivity index (χ1n) is 10.4. The van der Waals surface area contributed by atoms with E-state index in [0.717, 1.165) is 22.9 Å². The normalized spacial score (nSPS) is 13.0. The number of hydrogen-bond acceptors (Lipinski definition) is 7. The Bertz CT molecular complexity index is 1050. The van der Waals surface area contributed by atoms with Crippen molar-refractivity contribution in [1.82, 2.24) is 14.9 Å². The number of aryl methyl sites for hydroxylation is 1. The highest BCUT2D eigenvalue weighted by molar-refractivity contribution is 7.22. The van der Waals surface area contributed by atoms with E-state index in [1.165, 1.54) is 17.4 Å². The quantitative estimate of drug-likeness (QED) is 0.500. The second-order valence-corrected chi connectivity index (χ2v) is 8.05. The molecule has 1 aromatic carbocycles. The average molecular weight is 476 g/mol. The molecular weight excluding hydrogens is 445 g/mol. The third kappa shape index (κ3) is 6.70. The van der Waals surface area contributed by atoms with E-state index in [9.17, 15) is 9.18 Å². The second kappa shape index (κ2) is 12.8. The Morgan fingerprint density at radius 2 is 1.91 bits per heavy atom. The molecule has 2 amide bonds. The molecule has 0 unspecified atom stereocenters. The molecule has 0 aliphatic carbocycles. The molecule has 1 saturated heterocycles. The number of benzene rings is 1. The van der Waals surface area contributed by atoms with Crippen LogP contribution in [0.15, 0.2) is 43.6 Å². The van der Waals surface area contributed by atoms with Crippen LogP contribution in [0.3, 0.4) is 0 Å². The zero-order valence-corrected chi connectivity index (χ0v) is 19.7. The van der Waals surface area contributed by atoms with Gasteiger partial charge in [0, 0.05) is 46.1 Å². The van der Waals surface area contributed by atoms with Crippen molar-refractivity contribution in [1.29, 1.82) is 0 Å². The standard InChI is InChI=1S/C20H22FN5O2S.C2H4.CH4O/c1-13-2-3-16-17(10-13)29-19(23-16)24-20(28)26-7-5-25(6-8-26)18-15(21)11-14(4-9-27)12-22-18;2*1-2/h2-3,10-12,27H,4-9H2,1H3,(H,23,24,28);1-2H2;2H,1H3. The minimum atomic E-state index is -0.404. The molecule has 3 aromatic rings. The Hall–Kier alpha value is -3.08. The first kappa shape index (κ1) is 26.2. The highest BCUT2D eigenvalue weighted by Crippen LogP contribution is 2.27. The smallest absolute Gasteiger partial charge is 0.323 e. The van der Waals surface area contributed by atoms with Gasteiger partial charge in [0.2, 0.25) is 0 Å². The number of pyridine rings is 1. The lowest BCUT2D eigenvalue weighted by molar-refractivity contribution is 0.208. The summed E-state index contributed by atoms with van der Waals surface area (Å²) >= 11 is 1.45. The van der Waals surface area contributed by atoms with Crippen LogP contribution in [-0.4, -0.2) is 71.0 Å². The molecule has 10 heteroatoms. The summed E-state index contributed by atoms with van der Waals surface area (Å²) in [5.74, 6) is -0.119. The number of aliphatic hydroxyl groups excluding tert-OH is 2. The van der Waals surface area contributed by atoms with Crippen LogP contribution in [0.4, 0.5) is 20.1 Å². The number of carbonyl (C=O) groups is 1. The molecule has 33 heavy (non-hydrogen) atoms. The van der Waals surface area contributed by atoms with E-state index in [4.69, 9.17) is 10.2 Å². The lowest BCUT2D eigenvalue weighted by atomic mass is 10.2. The van der Waals surface area contributed by atoms with Gasteiger partial charge in [0.15, 0.2) is 16.8 Å². The lowest BCUT2D eigenvalue weighted by Gasteiger charge is -2.35. The largest absolute Gasteiger partial charge is 0.400 e. The fraction of sp³-hybridized carbons (Fsp3) is 0.348. The maximum Gasteiger partial charge on any atom is 0.323 e. The summed E-state index contributed by atoms with van der Waals surface area (Å²) in [6.45, 7) is 9.91. The molecule has 0 bridgehead atoms. The van der Waals surface area contributed by atoms with E-state index in [-0.39, 0.29) is 18.5 Å². The number of urea groups is 1. The molecule has 8 nitrogen and oxygen atoms in total. The highest BCUT2D eigenvalue weighted by atomic mass is 32.1. The maximum atomic E-state index is 14.3. The van der Waals surface area contributed by atoms with Crippen LogP contribution >= 0.6 is 11.3 Å². The van der Waals surface area contributed by atoms with Crippen molar-refractivity contribution >= 4 is 38.5 Å². The molecule has 1 aliphatic heterocycles. The number of nitrogens with one attached hydrogen (secondary N) is 1. The number of aromatic nitrogens is 2. The van der Waals surface area contributed by atoms with Crippen LogP contribution < -0.4 is 10.2 Å². The van der Waals surface area contributed by atoms with E-state index in [2.05, 4.69) is 34.5 Å². The Morgan fingerprint density at radius 1 is 1.21 bits per heavy atom. The Balaban J connectivity index is 0.000000914. The fourth-order valence-corrected chi connectivity index (χ4v) is 4.30. The Labute approximate surface area is 197 Å². The number of anilines is 2. The van der Waals surface area contributed by atoms with Crippen LogP contribution in [0.2, 0.25) is 0 Å². The zero-order valence-electron chi connectivity index (χ0n) is 18.9. The summed E-state index contributed by atoms with van der Waals surface area (Å²) in [5, 5.41) is 19.4. The average Bonchev–Trinajstić information content (AvgIpc) is 3.23. The summed E-state index contributed by atoms with van der Waals surface area (Å²) in [7, 11) is 1.00. The molecule has 2 aromatic heterocycles. The lowest BCUT2D eigenvalue weighted by Crippen LogP contribution is -2.50. The van der Waals surface area contributed by atoms with Gasteiger partial charge < -0.3 is 20.0 Å². The number of hydrogen-bond donors (Lipinski definition) is 3. The zero-order chi connectivity index (χ0) is 24.4. The molecule has 0 spiro atoms. The molecule has 178 valence electrons. The van der Waals surface area contributed by atoms with Crippen molar-refractivity contribution in [2.24, 2.45) is 0 Å². The number of piperazine rings is 1. The van der Waals surface area contributed by atoms with Gasteiger partial charge in [-0.05, 0) is 42.7 Å². The van der Waals surface area contributed by atoms with E-state index >= 15 is 0 Å². The van der Waals surface area contributed by atoms with Crippen molar-refractivity contribution in [2.45, 2.75) is 13.3 Å². The van der Waals surface area contributed by atoms with Crippen LogP contribution in [0.5, 0.6) is 0 Å². The molecule has 1 aliphatic rings. The SMILES string of the molecule is C=C.CO.Cc1ccc2nc(NC(=O)N3CCN(c4ncc(CCO)cc4F)CC3)sc2c1.